The fraction of sp³-hybridized carbons (Fsp3) is 0.500. The molecule has 0 aliphatic heterocycles. The highest BCUT2D eigenvalue weighted by Gasteiger charge is 2.31. The maximum absolute atomic E-state index is 13.1. The summed E-state index contributed by atoms with van der Waals surface area (Å²) in [4.78, 5) is 72.8. The number of benzene rings is 1. The second-order valence-electron chi connectivity index (χ2n) is 8.63. The van der Waals surface area contributed by atoms with Gasteiger partial charge < -0.3 is 36.8 Å². The highest BCUT2D eigenvalue weighted by molar-refractivity contribution is 5.95. The van der Waals surface area contributed by atoms with Crippen LogP contribution in [-0.2, 0) is 35.1 Å². The summed E-state index contributed by atoms with van der Waals surface area (Å²) in [5.74, 6) is -4.97. The molecule has 0 saturated carbocycles. The second kappa shape index (κ2) is 15.1. The van der Waals surface area contributed by atoms with E-state index >= 15 is 0 Å². The normalized spacial score (nSPS) is 13.9. The van der Waals surface area contributed by atoms with Crippen LogP contribution in [0.1, 0.15) is 39.7 Å². The van der Waals surface area contributed by atoms with E-state index in [0.717, 1.165) is 5.56 Å². The highest BCUT2D eigenvalue weighted by atomic mass is 16.5. The molecule has 37 heavy (non-hydrogen) atoms. The third-order valence-corrected chi connectivity index (χ3v) is 5.20. The number of rotatable bonds is 14. The first-order valence-electron chi connectivity index (χ1n) is 11.7. The number of carboxylic acid groups (broad SMARTS) is 1. The molecule has 0 radical (unpaired) electrons. The van der Waals surface area contributed by atoms with Crippen LogP contribution in [0.2, 0.25) is 0 Å². The summed E-state index contributed by atoms with van der Waals surface area (Å²) < 4.78 is 4.89. The quantitative estimate of drug-likeness (QED) is 0.186. The van der Waals surface area contributed by atoms with E-state index in [0.29, 0.717) is 0 Å². The number of carbonyl (C=O) groups excluding carboxylic acids is 5. The summed E-state index contributed by atoms with van der Waals surface area (Å²) in [6.07, 6.45) is -1.38. The molecule has 4 atom stereocenters. The molecular formula is C24H35N5O8. The molecule has 13 heteroatoms. The van der Waals surface area contributed by atoms with Gasteiger partial charge in [-0.1, -0.05) is 44.2 Å². The van der Waals surface area contributed by atoms with Crippen LogP contribution < -0.4 is 27.0 Å². The van der Waals surface area contributed by atoms with Gasteiger partial charge in [0.05, 0.1) is 13.0 Å². The average molecular weight is 522 g/mol. The minimum Gasteiger partial charge on any atom is -0.481 e. The minimum absolute atomic E-state index is 0.103. The van der Waals surface area contributed by atoms with Crippen molar-refractivity contribution in [2.45, 2.75) is 64.7 Å². The zero-order valence-electron chi connectivity index (χ0n) is 21.3. The summed E-state index contributed by atoms with van der Waals surface area (Å²) in [5, 5.41) is 18.6. The van der Waals surface area contributed by atoms with Crippen molar-refractivity contribution in [2.24, 2.45) is 11.7 Å². The molecule has 204 valence electrons. The molecule has 0 spiro atoms. The molecule has 1 aromatic rings. The van der Waals surface area contributed by atoms with E-state index in [4.69, 9.17) is 15.6 Å². The molecule has 0 unspecified atom stereocenters. The number of primary amides is 1. The Hall–Kier alpha value is -4.16. The molecule has 0 heterocycles. The number of nitrogens with one attached hydrogen (secondary N) is 4. The number of carboxylic acids is 1. The lowest BCUT2D eigenvalue weighted by Crippen LogP contribution is -2.59. The number of ether oxygens (including phenoxy) is 1. The van der Waals surface area contributed by atoms with E-state index in [-0.39, 0.29) is 13.0 Å². The average Bonchev–Trinajstić information content (AvgIpc) is 2.81. The minimum atomic E-state index is -1.46. The third-order valence-electron chi connectivity index (χ3n) is 5.20. The molecule has 0 aliphatic carbocycles. The van der Waals surface area contributed by atoms with Crippen LogP contribution in [-0.4, -0.2) is 71.6 Å². The molecule has 0 fully saturated rings. The summed E-state index contributed by atoms with van der Waals surface area (Å²) in [7, 11) is 0. The number of amides is 5. The zero-order chi connectivity index (χ0) is 28.1. The van der Waals surface area contributed by atoms with E-state index in [1.165, 1.54) is 6.92 Å². The van der Waals surface area contributed by atoms with Gasteiger partial charge >= 0.3 is 12.1 Å². The van der Waals surface area contributed by atoms with Crippen molar-refractivity contribution in [1.82, 2.24) is 21.3 Å². The van der Waals surface area contributed by atoms with Crippen molar-refractivity contribution in [3.63, 3.8) is 0 Å². The van der Waals surface area contributed by atoms with Crippen LogP contribution in [0.5, 0.6) is 0 Å². The van der Waals surface area contributed by atoms with Gasteiger partial charge in [-0.25, -0.2) is 4.79 Å². The first kappa shape index (κ1) is 30.9. The third kappa shape index (κ3) is 11.0. The van der Waals surface area contributed by atoms with Crippen molar-refractivity contribution >= 4 is 35.7 Å². The van der Waals surface area contributed by atoms with Gasteiger partial charge in [-0.2, -0.15) is 0 Å². The Balaban J connectivity index is 2.94. The molecule has 0 bridgehead atoms. The number of hydrogen-bond donors (Lipinski definition) is 6. The summed E-state index contributed by atoms with van der Waals surface area (Å²) in [5.41, 5.74) is 5.89. The Morgan fingerprint density at radius 2 is 1.49 bits per heavy atom. The van der Waals surface area contributed by atoms with Crippen molar-refractivity contribution in [2.75, 3.05) is 6.61 Å². The summed E-state index contributed by atoms with van der Waals surface area (Å²) in [6, 6.07) is 4.15. The fourth-order valence-electron chi connectivity index (χ4n) is 3.23. The number of alkyl carbamates (subject to hydrolysis) is 1. The zero-order valence-corrected chi connectivity index (χ0v) is 21.3. The second-order valence-corrected chi connectivity index (χ2v) is 8.63. The van der Waals surface area contributed by atoms with Gasteiger partial charge in [0, 0.05) is 6.42 Å². The molecular weight excluding hydrogens is 486 g/mol. The van der Waals surface area contributed by atoms with Crippen molar-refractivity contribution in [1.29, 1.82) is 0 Å². The number of nitrogens with two attached hydrogens (primary N) is 1. The topological polar surface area (TPSA) is 206 Å². The summed E-state index contributed by atoms with van der Waals surface area (Å²) in [6.45, 7) is 6.40. The molecule has 1 aromatic carbocycles. The van der Waals surface area contributed by atoms with Crippen LogP contribution in [0.25, 0.3) is 0 Å². The Labute approximate surface area is 214 Å². The van der Waals surface area contributed by atoms with Gasteiger partial charge in [0.25, 0.3) is 0 Å². The van der Waals surface area contributed by atoms with E-state index in [1.807, 2.05) is 0 Å². The van der Waals surface area contributed by atoms with Crippen LogP contribution in [0, 0.1) is 5.92 Å². The van der Waals surface area contributed by atoms with Crippen LogP contribution in [0.3, 0.4) is 0 Å². The van der Waals surface area contributed by atoms with E-state index in [2.05, 4.69) is 21.3 Å². The van der Waals surface area contributed by atoms with Crippen LogP contribution in [0.15, 0.2) is 30.3 Å². The number of aliphatic carboxylic acids is 1. The SMILES string of the molecule is CCOC(=O)N[C@@H](Cc1ccccc1)C(=O)N[C@H](C(=O)N[C@@H](C)C(=O)N[C@@H](CC(=O)O)C(N)=O)C(C)C. The fourth-order valence-corrected chi connectivity index (χ4v) is 3.23. The van der Waals surface area contributed by atoms with Gasteiger partial charge in [-0.3, -0.25) is 24.0 Å². The lowest BCUT2D eigenvalue weighted by atomic mass is 10.0. The predicted molar refractivity (Wildman–Crippen MR) is 132 cm³/mol. The van der Waals surface area contributed by atoms with Gasteiger partial charge in [-0.05, 0) is 25.3 Å². The van der Waals surface area contributed by atoms with Gasteiger partial charge in [0.1, 0.15) is 24.2 Å². The Bertz CT molecular complexity index is 969. The van der Waals surface area contributed by atoms with E-state index < -0.39 is 72.2 Å². The Kier molecular flexibility index (Phi) is 12.6. The lowest BCUT2D eigenvalue weighted by molar-refractivity contribution is -0.140. The van der Waals surface area contributed by atoms with Gasteiger partial charge in [0.2, 0.25) is 23.6 Å². The number of hydrogen-bond acceptors (Lipinski definition) is 7. The highest BCUT2D eigenvalue weighted by Crippen LogP contribution is 2.08. The first-order valence-corrected chi connectivity index (χ1v) is 11.7. The van der Waals surface area contributed by atoms with Crippen LogP contribution in [0.4, 0.5) is 4.79 Å². The molecule has 0 aromatic heterocycles. The molecule has 0 saturated heterocycles. The molecule has 1 rings (SSSR count). The first-order chi connectivity index (χ1) is 17.3. The smallest absolute Gasteiger partial charge is 0.407 e. The molecule has 13 nitrogen and oxygen atoms in total. The van der Waals surface area contributed by atoms with Crippen molar-refractivity contribution in [3.05, 3.63) is 35.9 Å². The predicted octanol–water partition coefficient (Wildman–Crippen LogP) is -0.566. The maximum Gasteiger partial charge on any atom is 0.407 e. The molecule has 5 amide bonds. The van der Waals surface area contributed by atoms with Gasteiger partial charge in [-0.15, -0.1) is 0 Å². The molecule has 0 aliphatic rings. The summed E-state index contributed by atoms with van der Waals surface area (Å²) >= 11 is 0. The Morgan fingerprint density at radius 3 is 2.00 bits per heavy atom. The van der Waals surface area contributed by atoms with Crippen molar-refractivity contribution < 1.29 is 38.6 Å². The van der Waals surface area contributed by atoms with E-state index in [1.54, 1.807) is 51.1 Å². The maximum atomic E-state index is 13.1. The molecule has 7 N–H and O–H groups in total. The Morgan fingerprint density at radius 1 is 0.865 bits per heavy atom. The van der Waals surface area contributed by atoms with Gasteiger partial charge in [0.15, 0.2) is 0 Å². The van der Waals surface area contributed by atoms with Crippen molar-refractivity contribution in [3.8, 4) is 0 Å². The van der Waals surface area contributed by atoms with Crippen LogP contribution >= 0.6 is 0 Å². The lowest BCUT2D eigenvalue weighted by Gasteiger charge is -2.26. The standard InChI is InChI=1S/C24H35N5O8/c1-5-37-24(36)28-17(11-15-9-7-6-8-10-15)22(34)29-19(13(2)3)23(35)26-14(4)21(33)27-16(20(25)32)12-18(30)31/h6-10,13-14,16-17,19H,5,11-12H2,1-4H3,(H2,25,32)(H,26,35)(H,27,33)(H,28,36)(H,29,34)(H,30,31)/t14-,16-,17-,19-/m0/s1. The number of carbonyl (C=O) groups is 6. The largest absolute Gasteiger partial charge is 0.481 e. The van der Waals surface area contributed by atoms with E-state index in [9.17, 15) is 28.8 Å². The monoisotopic (exact) mass is 521 g/mol.